The largest absolute Gasteiger partial charge is 0.496 e. The number of ether oxygens (including phenoxy) is 2. The average molecular weight is 464 g/mol. The predicted octanol–water partition coefficient (Wildman–Crippen LogP) is 3.95. The Morgan fingerprint density at radius 2 is 1.91 bits per heavy atom. The molecule has 0 aromatic heterocycles. The molecule has 2 N–H and O–H groups in total. The number of piperidine rings is 1. The van der Waals surface area contributed by atoms with E-state index in [1.807, 2.05) is 36.4 Å². The van der Waals surface area contributed by atoms with E-state index in [2.05, 4.69) is 11.4 Å². The Balaban J connectivity index is 1.23. The molecule has 2 fully saturated rings. The quantitative estimate of drug-likeness (QED) is 0.719. The molecule has 0 spiro atoms. The maximum absolute atomic E-state index is 13.0. The predicted molar refractivity (Wildman–Crippen MR) is 131 cm³/mol. The number of hydrogen-bond acceptors (Lipinski definition) is 5. The molecule has 5 rings (SSSR count). The van der Waals surface area contributed by atoms with Crippen LogP contribution in [0, 0.1) is 0 Å². The van der Waals surface area contributed by atoms with Crippen LogP contribution in [0.1, 0.15) is 48.3 Å². The van der Waals surface area contributed by atoms with Crippen LogP contribution in [0.2, 0.25) is 0 Å². The molecule has 3 heterocycles. The van der Waals surface area contributed by atoms with Gasteiger partial charge in [0.1, 0.15) is 11.6 Å². The highest BCUT2D eigenvalue weighted by Crippen LogP contribution is 2.43. The number of urea groups is 1. The Kier molecular flexibility index (Phi) is 6.57. The van der Waals surface area contributed by atoms with Crippen molar-refractivity contribution in [1.82, 2.24) is 10.2 Å². The zero-order valence-corrected chi connectivity index (χ0v) is 19.8. The maximum Gasteiger partial charge on any atom is 0.322 e. The van der Waals surface area contributed by atoms with Gasteiger partial charge in [-0.2, -0.15) is 0 Å². The van der Waals surface area contributed by atoms with Crippen molar-refractivity contribution in [3.8, 4) is 5.75 Å². The monoisotopic (exact) mass is 463 g/mol. The molecule has 0 bridgehead atoms. The summed E-state index contributed by atoms with van der Waals surface area (Å²) in [6, 6.07) is 14.0. The van der Waals surface area contributed by atoms with Gasteiger partial charge in [-0.05, 0) is 48.8 Å². The van der Waals surface area contributed by atoms with E-state index in [0.29, 0.717) is 50.5 Å². The summed E-state index contributed by atoms with van der Waals surface area (Å²) >= 11 is 0. The van der Waals surface area contributed by atoms with Gasteiger partial charge in [-0.3, -0.25) is 5.32 Å². The van der Waals surface area contributed by atoms with Gasteiger partial charge in [0.2, 0.25) is 0 Å². The van der Waals surface area contributed by atoms with E-state index in [-0.39, 0.29) is 6.03 Å². The summed E-state index contributed by atoms with van der Waals surface area (Å²) in [5.74, 6) is 1.88. The number of benzene rings is 2. The van der Waals surface area contributed by atoms with Gasteiger partial charge >= 0.3 is 6.03 Å². The van der Waals surface area contributed by atoms with Gasteiger partial charge in [0, 0.05) is 44.7 Å². The molecule has 2 aromatic rings. The molecule has 180 valence electrons. The SMILES string of the molecule is COc1ccc(C2CCOCC2)c2c1CC(NC(=O)N1CCC(O)(Cc3ccccc3)CC1)=N2. The normalized spacial score (nSPS) is 19.9. The van der Waals surface area contributed by atoms with Gasteiger partial charge in [-0.25, -0.2) is 9.79 Å². The Morgan fingerprint density at radius 3 is 2.62 bits per heavy atom. The van der Waals surface area contributed by atoms with Crippen molar-refractivity contribution >= 4 is 17.6 Å². The fraction of sp³-hybridized carbons (Fsp3) is 0.481. The van der Waals surface area contributed by atoms with Crippen molar-refractivity contribution < 1.29 is 19.4 Å². The van der Waals surface area contributed by atoms with Crippen LogP contribution >= 0.6 is 0 Å². The van der Waals surface area contributed by atoms with E-state index in [1.165, 1.54) is 5.56 Å². The molecule has 3 aliphatic heterocycles. The molecule has 0 radical (unpaired) electrons. The van der Waals surface area contributed by atoms with E-state index in [9.17, 15) is 9.90 Å². The molecule has 7 heteroatoms. The molecule has 2 aromatic carbocycles. The highest BCUT2D eigenvalue weighted by molar-refractivity contribution is 6.03. The number of carbonyl (C=O) groups excluding carboxylic acids is 1. The summed E-state index contributed by atoms with van der Waals surface area (Å²) in [5, 5.41) is 14.1. The van der Waals surface area contributed by atoms with Crippen LogP contribution in [-0.2, 0) is 17.6 Å². The number of aliphatic hydroxyl groups is 1. The lowest BCUT2D eigenvalue weighted by Crippen LogP contribution is -2.51. The molecule has 2 amide bonds. The summed E-state index contributed by atoms with van der Waals surface area (Å²) in [5.41, 5.74) is 3.54. The van der Waals surface area contributed by atoms with Crippen LogP contribution in [0.4, 0.5) is 10.5 Å². The lowest BCUT2D eigenvalue weighted by atomic mass is 9.85. The van der Waals surface area contributed by atoms with E-state index < -0.39 is 5.60 Å². The fourth-order valence-electron chi connectivity index (χ4n) is 5.36. The van der Waals surface area contributed by atoms with Gasteiger partial charge < -0.3 is 19.5 Å². The molecule has 0 unspecified atom stereocenters. The number of fused-ring (bicyclic) bond motifs is 1. The number of nitrogens with one attached hydrogen (secondary N) is 1. The lowest BCUT2D eigenvalue weighted by molar-refractivity contribution is -0.0112. The first-order valence-corrected chi connectivity index (χ1v) is 12.2. The van der Waals surface area contributed by atoms with Crippen LogP contribution in [0.5, 0.6) is 5.75 Å². The van der Waals surface area contributed by atoms with E-state index >= 15 is 0 Å². The third-order valence-corrected chi connectivity index (χ3v) is 7.35. The first kappa shape index (κ1) is 22.9. The number of methoxy groups -OCH3 is 1. The zero-order valence-electron chi connectivity index (χ0n) is 19.8. The van der Waals surface area contributed by atoms with Gasteiger partial charge in [-0.15, -0.1) is 0 Å². The number of amidine groups is 1. The molecule has 2 saturated heterocycles. The topological polar surface area (TPSA) is 83.4 Å². The Morgan fingerprint density at radius 1 is 1.18 bits per heavy atom. The highest BCUT2D eigenvalue weighted by atomic mass is 16.5. The number of rotatable bonds is 4. The Bertz CT molecular complexity index is 1060. The minimum absolute atomic E-state index is 0.153. The number of carbonyl (C=O) groups is 1. The van der Waals surface area contributed by atoms with Gasteiger partial charge in [-0.1, -0.05) is 36.4 Å². The maximum atomic E-state index is 13.0. The minimum atomic E-state index is -0.773. The summed E-state index contributed by atoms with van der Waals surface area (Å²) in [6.45, 7) is 2.58. The summed E-state index contributed by atoms with van der Waals surface area (Å²) in [7, 11) is 1.67. The molecule has 0 atom stereocenters. The standard InChI is InChI=1S/C27H33N3O4/c1-33-23-8-7-21(20-9-15-34-16-10-20)25-22(23)17-24(28-25)29-26(31)30-13-11-27(32,12-14-30)18-19-5-3-2-4-6-19/h2-8,20,32H,9-18H2,1H3,(H,28,29,31). The third-order valence-electron chi connectivity index (χ3n) is 7.35. The fourth-order valence-corrected chi connectivity index (χ4v) is 5.36. The number of likely N-dealkylation sites (tertiary alicyclic amines) is 1. The minimum Gasteiger partial charge on any atom is -0.496 e. The van der Waals surface area contributed by atoms with E-state index in [1.54, 1.807) is 12.0 Å². The second kappa shape index (κ2) is 9.76. The van der Waals surface area contributed by atoms with Gasteiger partial charge in [0.25, 0.3) is 0 Å². The number of nitrogens with zero attached hydrogens (tertiary/aromatic N) is 2. The van der Waals surface area contributed by atoms with Gasteiger partial charge in [0.05, 0.1) is 18.4 Å². The summed E-state index contributed by atoms with van der Waals surface area (Å²) in [4.78, 5) is 19.6. The molecular weight excluding hydrogens is 430 g/mol. The van der Waals surface area contributed by atoms with E-state index in [4.69, 9.17) is 14.5 Å². The molecule has 3 aliphatic rings. The van der Waals surface area contributed by atoms with Gasteiger partial charge in [0.15, 0.2) is 0 Å². The van der Waals surface area contributed by atoms with Crippen LogP contribution < -0.4 is 10.1 Å². The lowest BCUT2D eigenvalue weighted by Gasteiger charge is -2.38. The van der Waals surface area contributed by atoms with Crippen LogP contribution in [-0.4, -0.2) is 60.9 Å². The third kappa shape index (κ3) is 4.81. The van der Waals surface area contributed by atoms with Crippen LogP contribution in [0.15, 0.2) is 47.5 Å². The molecular formula is C27H33N3O4. The number of amides is 2. The Hall–Kier alpha value is -2.90. The van der Waals surface area contributed by atoms with E-state index in [0.717, 1.165) is 48.6 Å². The summed E-state index contributed by atoms with van der Waals surface area (Å²) in [6.07, 6.45) is 4.24. The first-order chi connectivity index (χ1) is 16.5. The highest BCUT2D eigenvalue weighted by Gasteiger charge is 2.35. The van der Waals surface area contributed by atoms with Crippen molar-refractivity contribution in [3.63, 3.8) is 0 Å². The molecule has 34 heavy (non-hydrogen) atoms. The second-order valence-electron chi connectivity index (χ2n) is 9.61. The number of hydrogen-bond donors (Lipinski definition) is 2. The van der Waals surface area contributed by atoms with Crippen molar-refractivity contribution in [1.29, 1.82) is 0 Å². The Labute approximate surface area is 200 Å². The van der Waals surface area contributed by atoms with Crippen molar-refractivity contribution in [3.05, 3.63) is 59.2 Å². The molecule has 7 nitrogen and oxygen atoms in total. The number of aliphatic imine (C=N–C) groups is 1. The molecule has 0 saturated carbocycles. The van der Waals surface area contributed by atoms with Crippen molar-refractivity contribution in [2.45, 2.75) is 50.0 Å². The van der Waals surface area contributed by atoms with Crippen molar-refractivity contribution in [2.24, 2.45) is 4.99 Å². The van der Waals surface area contributed by atoms with Crippen LogP contribution in [0.3, 0.4) is 0 Å². The van der Waals surface area contributed by atoms with Crippen LogP contribution in [0.25, 0.3) is 0 Å². The summed E-state index contributed by atoms with van der Waals surface area (Å²) < 4.78 is 11.1. The van der Waals surface area contributed by atoms with Crippen molar-refractivity contribution in [2.75, 3.05) is 33.4 Å². The molecule has 0 aliphatic carbocycles. The average Bonchev–Trinajstić information content (AvgIpc) is 3.28. The zero-order chi connectivity index (χ0) is 23.5. The second-order valence-corrected chi connectivity index (χ2v) is 9.61. The first-order valence-electron chi connectivity index (χ1n) is 12.2. The smallest absolute Gasteiger partial charge is 0.322 e.